The summed E-state index contributed by atoms with van der Waals surface area (Å²) in [5, 5.41) is 0. The van der Waals surface area contributed by atoms with Crippen molar-refractivity contribution in [2.45, 2.75) is 94.9 Å². The SMILES string of the molecule is C.C.C.CCCCCC1C=CC(CCC)C(C)C1CC. The summed E-state index contributed by atoms with van der Waals surface area (Å²) in [4.78, 5) is 0. The maximum absolute atomic E-state index is 2.56. The maximum atomic E-state index is 2.56. The highest BCUT2D eigenvalue weighted by Gasteiger charge is 2.31. The molecule has 1 rings (SSSR count). The van der Waals surface area contributed by atoms with Crippen LogP contribution >= 0.6 is 0 Å². The quantitative estimate of drug-likeness (QED) is 0.331. The Bertz CT molecular complexity index is 216. The van der Waals surface area contributed by atoms with Crippen molar-refractivity contribution in [3.05, 3.63) is 12.2 Å². The van der Waals surface area contributed by atoms with Gasteiger partial charge in [-0.2, -0.15) is 0 Å². The lowest BCUT2D eigenvalue weighted by atomic mass is 9.68. The molecule has 0 bridgehead atoms. The molecule has 0 nitrogen and oxygen atoms in total. The highest BCUT2D eigenvalue weighted by Crippen LogP contribution is 2.40. The van der Waals surface area contributed by atoms with Crippen LogP contribution in [-0.4, -0.2) is 0 Å². The van der Waals surface area contributed by atoms with E-state index in [0.29, 0.717) is 0 Å². The summed E-state index contributed by atoms with van der Waals surface area (Å²) in [5.41, 5.74) is 0. The molecule has 0 amide bonds. The van der Waals surface area contributed by atoms with Crippen molar-refractivity contribution in [1.29, 1.82) is 0 Å². The number of allylic oxidation sites excluding steroid dienone is 2. The van der Waals surface area contributed by atoms with Crippen molar-refractivity contribution in [1.82, 2.24) is 0 Å². The molecule has 0 aromatic heterocycles. The third kappa shape index (κ3) is 6.95. The van der Waals surface area contributed by atoms with Crippen molar-refractivity contribution < 1.29 is 0 Å². The van der Waals surface area contributed by atoms with Crippen LogP contribution in [0.5, 0.6) is 0 Å². The molecule has 0 aliphatic heterocycles. The molecule has 0 saturated carbocycles. The van der Waals surface area contributed by atoms with E-state index in [-0.39, 0.29) is 22.3 Å². The maximum Gasteiger partial charge on any atom is -0.0202 e. The predicted molar refractivity (Wildman–Crippen MR) is 98.3 cm³/mol. The lowest BCUT2D eigenvalue weighted by Crippen LogP contribution is -2.29. The second-order valence-corrected chi connectivity index (χ2v) is 5.93. The fraction of sp³-hybridized carbons (Fsp3) is 0.900. The van der Waals surface area contributed by atoms with E-state index in [1.807, 2.05) is 0 Å². The zero-order chi connectivity index (χ0) is 12.7. The van der Waals surface area contributed by atoms with Gasteiger partial charge in [-0.15, -0.1) is 0 Å². The smallest absolute Gasteiger partial charge is 0.0202 e. The Kier molecular flexibility index (Phi) is 17.0. The first-order valence-corrected chi connectivity index (χ1v) is 7.92. The third-order valence-electron chi connectivity index (χ3n) is 4.74. The summed E-state index contributed by atoms with van der Waals surface area (Å²) < 4.78 is 0. The molecule has 4 unspecified atom stereocenters. The zero-order valence-corrected chi connectivity index (χ0v) is 12.4. The van der Waals surface area contributed by atoms with Gasteiger partial charge in [0.15, 0.2) is 0 Å². The normalized spacial score (nSPS) is 28.0. The van der Waals surface area contributed by atoms with E-state index in [1.165, 1.54) is 44.9 Å². The van der Waals surface area contributed by atoms with Gasteiger partial charge in [-0.3, -0.25) is 0 Å². The second kappa shape index (κ2) is 13.7. The van der Waals surface area contributed by atoms with Gasteiger partial charge in [0, 0.05) is 0 Å². The topological polar surface area (TPSA) is 0 Å². The number of hydrogen-bond acceptors (Lipinski definition) is 0. The van der Waals surface area contributed by atoms with Gasteiger partial charge in [0.1, 0.15) is 0 Å². The number of unbranched alkanes of at least 4 members (excludes halogenated alkanes) is 2. The first-order valence-electron chi connectivity index (χ1n) is 7.92. The van der Waals surface area contributed by atoms with Crippen molar-refractivity contribution in [2.75, 3.05) is 0 Å². The van der Waals surface area contributed by atoms with Crippen LogP contribution in [0.15, 0.2) is 12.2 Å². The summed E-state index contributed by atoms with van der Waals surface area (Å²) in [7, 11) is 0. The van der Waals surface area contributed by atoms with Crippen LogP contribution < -0.4 is 0 Å². The average molecular weight is 285 g/mol. The Morgan fingerprint density at radius 2 is 1.35 bits per heavy atom. The largest absolute Gasteiger partial charge is 0.0849 e. The summed E-state index contributed by atoms with van der Waals surface area (Å²) in [5.74, 6) is 3.56. The van der Waals surface area contributed by atoms with Crippen molar-refractivity contribution in [3.8, 4) is 0 Å². The van der Waals surface area contributed by atoms with Crippen LogP contribution in [0, 0.1) is 23.7 Å². The number of hydrogen-bond donors (Lipinski definition) is 0. The fourth-order valence-corrected chi connectivity index (χ4v) is 3.62. The van der Waals surface area contributed by atoms with Gasteiger partial charge in [0.05, 0.1) is 0 Å². The lowest BCUT2D eigenvalue weighted by Gasteiger charge is -2.37. The van der Waals surface area contributed by atoms with Crippen LogP contribution in [0.3, 0.4) is 0 Å². The molecule has 4 atom stereocenters. The van der Waals surface area contributed by atoms with Gasteiger partial charge in [0.2, 0.25) is 0 Å². The Hall–Kier alpha value is -0.260. The molecule has 0 heteroatoms. The van der Waals surface area contributed by atoms with Crippen LogP contribution in [0.1, 0.15) is 94.9 Å². The Balaban J connectivity index is -0.000000963. The van der Waals surface area contributed by atoms with E-state index in [4.69, 9.17) is 0 Å². The molecule has 124 valence electrons. The summed E-state index contributed by atoms with van der Waals surface area (Å²) >= 11 is 0. The summed E-state index contributed by atoms with van der Waals surface area (Å²) in [6, 6.07) is 0. The molecule has 0 radical (unpaired) electrons. The molecule has 0 N–H and O–H groups in total. The van der Waals surface area contributed by atoms with Gasteiger partial charge in [-0.05, 0) is 36.5 Å². The van der Waals surface area contributed by atoms with Crippen molar-refractivity contribution in [3.63, 3.8) is 0 Å². The van der Waals surface area contributed by atoms with E-state index in [0.717, 1.165) is 23.7 Å². The average Bonchev–Trinajstić information content (AvgIpc) is 2.33. The molecule has 0 spiro atoms. The van der Waals surface area contributed by atoms with E-state index in [9.17, 15) is 0 Å². The summed E-state index contributed by atoms with van der Waals surface area (Å²) in [6.07, 6.45) is 14.8. The van der Waals surface area contributed by atoms with Gasteiger partial charge in [-0.1, -0.05) is 94.2 Å². The first-order chi connectivity index (χ1) is 8.24. The van der Waals surface area contributed by atoms with Gasteiger partial charge >= 0.3 is 0 Å². The van der Waals surface area contributed by atoms with Crippen LogP contribution in [-0.2, 0) is 0 Å². The third-order valence-corrected chi connectivity index (χ3v) is 4.74. The first kappa shape index (κ1) is 24.7. The van der Waals surface area contributed by atoms with E-state index in [2.05, 4.69) is 39.8 Å². The Morgan fingerprint density at radius 3 is 1.85 bits per heavy atom. The molecule has 0 fully saturated rings. The molecule has 1 aliphatic rings. The second-order valence-electron chi connectivity index (χ2n) is 5.93. The molecule has 0 saturated heterocycles. The van der Waals surface area contributed by atoms with Gasteiger partial charge < -0.3 is 0 Å². The molecule has 0 heterocycles. The van der Waals surface area contributed by atoms with Gasteiger partial charge in [0.25, 0.3) is 0 Å². The molecular weight excluding hydrogens is 240 g/mol. The minimum atomic E-state index is 0. The van der Waals surface area contributed by atoms with Crippen LogP contribution in [0.25, 0.3) is 0 Å². The summed E-state index contributed by atoms with van der Waals surface area (Å²) in [6.45, 7) is 9.49. The van der Waals surface area contributed by atoms with E-state index < -0.39 is 0 Å². The van der Waals surface area contributed by atoms with Gasteiger partial charge in [-0.25, -0.2) is 0 Å². The van der Waals surface area contributed by atoms with E-state index in [1.54, 1.807) is 0 Å². The van der Waals surface area contributed by atoms with Crippen LogP contribution in [0.2, 0.25) is 0 Å². The minimum absolute atomic E-state index is 0. The highest BCUT2D eigenvalue weighted by atomic mass is 14.4. The fourth-order valence-electron chi connectivity index (χ4n) is 3.62. The standard InChI is InChI=1S/C17H32.3CH4/c1-5-8-9-11-16-13-12-15(10-6-2)14(4)17(16)7-3;;;/h12-17H,5-11H2,1-4H3;3*1H4. The molecule has 1 aliphatic carbocycles. The molecule has 20 heavy (non-hydrogen) atoms. The minimum Gasteiger partial charge on any atom is -0.0849 e. The monoisotopic (exact) mass is 284 g/mol. The van der Waals surface area contributed by atoms with Crippen LogP contribution in [0.4, 0.5) is 0 Å². The van der Waals surface area contributed by atoms with E-state index >= 15 is 0 Å². The van der Waals surface area contributed by atoms with Crippen molar-refractivity contribution in [2.24, 2.45) is 23.7 Å². The predicted octanol–water partition coefficient (Wildman–Crippen LogP) is 7.74. The number of rotatable bonds is 7. The van der Waals surface area contributed by atoms with Crippen molar-refractivity contribution >= 4 is 0 Å². The Labute approximate surface area is 131 Å². The zero-order valence-electron chi connectivity index (χ0n) is 12.4. The molecular formula is C20H44. The lowest BCUT2D eigenvalue weighted by molar-refractivity contribution is 0.185. The molecule has 0 aromatic rings. The Morgan fingerprint density at radius 1 is 0.750 bits per heavy atom. The highest BCUT2D eigenvalue weighted by molar-refractivity contribution is 5.03. The molecule has 0 aromatic carbocycles.